The quantitative estimate of drug-likeness (QED) is 0.606. The molecule has 1 N–H and O–H groups in total. The molecule has 19 heavy (non-hydrogen) atoms. The fourth-order valence-corrected chi connectivity index (χ4v) is 2.89. The van der Waals surface area contributed by atoms with Crippen molar-refractivity contribution in [3.63, 3.8) is 0 Å². The molecule has 0 fully saturated rings. The highest BCUT2D eigenvalue weighted by Crippen LogP contribution is 2.22. The van der Waals surface area contributed by atoms with Gasteiger partial charge in [0.15, 0.2) is 10.8 Å². The van der Waals surface area contributed by atoms with Gasteiger partial charge in [0, 0.05) is 17.7 Å². The van der Waals surface area contributed by atoms with Crippen molar-refractivity contribution < 1.29 is 17.9 Å². The molecule has 1 rings (SSSR count). The zero-order valence-electron chi connectivity index (χ0n) is 11.2. The molecule has 1 aromatic rings. The molecule has 0 atom stereocenters. The zero-order valence-corrected chi connectivity index (χ0v) is 12.9. The fraction of sp³-hybridized carbons (Fsp3) is 0.636. The highest BCUT2D eigenvalue weighted by atomic mass is 32.2. The molecule has 0 aromatic carbocycles. The van der Waals surface area contributed by atoms with Crippen molar-refractivity contribution in [3.05, 3.63) is 10.6 Å². The van der Waals surface area contributed by atoms with Crippen LogP contribution in [0.5, 0.6) is 0 Å². The summed E-state index contributed by atoms with van der Waals surface area (Å²) in [6.45, 7) is 4.35. The zero-order chi connectivity index (χ0) is 14.5. The maximum Gasteiger partial charge on any atom is 0.358 e. The van der Waals surface area contributed by atoms with E-state index in [1.54, 1.807) is 13.8 Å². The Morgan fingerprint density at radius 1 is 1.47 bits per heavy atom. The number of nitrogens with one attached hydrogen (secondary N) is 1. The van der Waals surface area contributed by atoms with Gasteiger partial charge in [-0.15, -0.1) is 11.3 Å². The van der Waals surface area contributed by atoms with Crippen LogP contribution in [0.15, 0.2) is 0 Å². The lowest BCUT2D eigenvalue weighted by Gasteiger charge is -2.01. The van der Waals surface area contributed by atoms with Crippen molar-refractivity contribution in [2.24, 2.45) is 0 Å². The Hall–Kier alpha value is -1.15. The van der Waals surface area contributed by atoms with Crippen LogP contribution < -0.4 is 5.32 Å². The number of sulfone groups is 1. The average molecular weight is 306 g/mol. The third kappa shape index (κ3) is 5.56. The Morgan fingerprint density at radius 2 is 2.16 bits per heavy atom. The van der Waals surface area contributed by atoms with Crippen LogP contribution in [-0.2, 0) is 14.6 Å². The van der Waals surface area contributed by atoms with E-state index in [0.29, 0.717) is 30.4 Å². The minimum Gasteiger partial charge on any atom is -0.461 e. The summed E-state index contributed by atoms with van der Waals surface area (Å²) in [6.07, 6.45) is 1.71. The van der Waals surface area contributed by atoms with Crippen LogP contribution in [0.2, 0.25) is 0 Å². The Kier molecular flexibility index (Phi) is 5.74. The van der Waals surface area contributed by atoms with Gasteiger partial charge in [0.1, 0.15) is 9.84 Å². The Bertz CT molecular complexity index is 537. The summed E-state index contributed by atoms with van der Waals surface area (Å²) in [4.78, 5) is 16.5. The Morgan fingerprint density at radius 3 is 2.74 bits per heavy atom. The first-order chi connectivity index (χ1) is 8.83. The minimum absolute atomic E-state index is 0.134. The van der Waals surface area contributed by atoms with Crippen molar-refractivity contribution in [2.45, 2.75) is 20.3 Å². The number of nitrogens with zero attached hydrogens (tertiary/aromatic N) is 1. The molecule has 108 valence electrons. The molecule has 0 saturated carbocycles. The number of rotatable bonds is 7. The SMILES string of the molecule is CCOC(=O)c1nc(NCCCS(C)(=O)=O)sc1C. The topological polar surface area (TPSA) is 85.4 Å². The number of ether oxygens (including phenoxy) is 1. The van der Waals surface area contributed by atoms with E-state index in [9.17, 15) is 13.2 Å². The number of anilines is 1. The highest BCUT2D eigenvalue weighted by molar-refractivity contribution is 7.90. The second kappa shape index (κ2) is 6.85. The van der Waals surface area contributed by atoms with Crippen LogP contribution in [0.3, 0.4) is 0 Å². The summed E-state index contributed by atoms with van der Waals surface area (Å²) in [5, 5.41) is 3.62. The van der Waals surface area contributed by atoms with E-state index in [-0.39, 0.29) is 5.75 Å². The number of carbonyl (C=O) groups excluding carboxylic acids is 1. The van der Waals surface area contributed by atoms with Gasteiger partial charge in [-0.2, -0.15) is 0 Å². The van der Waals surface area contributed by atoms with Crippen LogP contribution >= 0.6 is 11.3 Å². The first kappa shape index (κ1) is 15.9. The number of carbonyl (C=O) groups is 1. The van der Waals surface area contributed by atoms with Gasteiger partial charge >= 0.3 is 5.97 Å². The molecule has 1 aromatic heterocycles. The number of aryl methyl sites for hydroxylation is 1. The molecule has 0 saturated heterocycles. The third-order valence-electron chi connectivity index (χ3n) is 2.23. The molecule has 0 unspecified atom stereocenters. The monoisotopic (exact) mass is 306 g/mol. The van der Waals surface area contributed by atoms with Crippen molar-refractivity contribution in [2.75, 3.05) is 30.5 Å². The normalized spacial score (nSPS) is 11.3. The first-order valence-corrected chi connectivity index (χ1v) is 8.77. The summed E-state index contributed by atoms with van der Waals surface area (Å²) < 4.78 is 26.8. The molecule has 0 aliphatic heterocycles. The van der Waals surface area contributed by atoms with Crippen molar-refractivity contribution in [3.8, 4) is 0 Å². The molecule has 0 radical (unpaired) electrons. The Balaban J connectivity index is 2.52. The minimum atomic E-state index is -2.93. The predicted molar refractivity (Wildman–Crippen MR) is 75.6 cm³/mol. The Labute approximate surface area is 117 Å². The second-order valence-electron chi connectivity index (χ2n) is 4.05. The molecule has 0 amide bonds. The lowest BCUT2D eigenvalue weighted by Crippen LogP contribution is -2.10. The van der Waals surface area contributed by atoms with Crippen molar-refractivity contribution in [1.82, 2.24) is 4.98 Å². The number of esters is 1. The molecule has 0 aliphatic carbocycles. The smallest absolute Gasteiger partial charge is 0.358 e. The van der Waals surface area contributed by atoms with Gasteiger partial charge in [0.2, 0.25) is 0 Å². The van der Waals surface area contributed by atoms with E-state index >= 15 is 0 Å². The predicted octanol–water partition coefficient (Wildman–Crippen LogP) is 1.47. The first-order valence-electron chi connectivity index (χ1n) is 5.89. The van der Waals surface area contributed by atoms with Gasteiger partial charge in [0.25, 0.3) is 0 Å². The summed E-state index contributed by atoms with van der Waals surface area (Å²) in [7, 11) is -2.93. The van der Waals surface area contributed by atoms with Gasteiger partial charge in [-0.1, -0.05) is 0 Å². The van der Waals surface area contributed by atoms with E-state index in [1.807, 2.05) is 0 Å². The maximum atomic E-state index is 11.6. The standard InChI is InChI=1S/C11H18N2O4S2/c1-4-17-10(14)9-8(2)18-11(13-9)12-6-5-7-19(3,15)16/h4-7H2,1-3H3,(H,12,13). The van der Waals surface area contributed by atoms with E-state index in [2.05, 4.69) is 10.3 Å². The number of thiazole rings is 1. The molecule has 1 heterocycles. The lowest BCUT2D eigenvalue weighted by atomic mass is 10.4. The maximum absolute atomic E-state index is 11.6. The number of hydrogen-bond acceptors (Lipinski definition) is 7. The van der Waals surface area contributed by atoms with Crippen LogP contribution in [-0.4, -0.2) is 44.5 Å². The average Bonchev–Trinajstić information content (AvgIpc) is 2.65. The highest BCUT2D eigenvalue weighted by Gasteiger charge is 2.16. The molecule has 0 aliphatic rings. The molecule has 0 spiro atoms. The van der Waals surface area contributed by atoms with Gasteiger partial charge in [0.05, 0.1) is 12.4 Å². The summed E-state index contributed by atoms with van der Waals surface area (Å²) in [5.74, 6) is -0.296. The van der Waals surface area contributed by atoms with Crippen molar-refractivity contribution >= 4 is 32.3 Å². The van der Waals surface area contributed by atoms with Crippen LogP contribution in [0.4, 0.5) is 5.13 Å². The van der Waals surface area contributed by atoms with Crippen LogP contribution in [0.1, 0.15) is 28.7 Å². The van der Waals surface area contributed by atoms with Gasteiger partial charge in [-0.05, 0) is 20.3 Å². The molecule has 8 heteroatoms. The largest absolute Gasteiger partial charge is 0.461 e. The summed E-state index contributed by atoms with van der Waals surface area (Å²) in [6, 6.07) is 0. The second-order valence-corrected chi connectivity index (χ2v) is 7.52. The van der Waals surface area contributed by atoms with E-state index in [0.717, 1.165) is 4.88 Å². The number of hydrogen-bond donors (Lipinski definition) is 1. The molecular formula is C11H18N2O4S2. The van der Waals surface area contributed by atoms with Crippen LogP contribution in [0, 0.1) is 6.92 Å². The van der Waals surface area contributed by atoms with Gasteiger partial charge in [-0.25, -0.2) is 18.2 Å². The van der Waals surface area contributed by atoms with Gasteiger partial charge in [-0.3, -0.25) is 0 Å². The summed E-state index contributed by atoms with van der Waals surface area (Å²) >= 11 is 1.35. The van der Waals surface area contributed by atoms with E-state index in [4.69, 9.17) is 4.74 Å². The van der Waals surface area contributed by atoms with Gasteiger partial charge < -0.3 is 10.1 Å². The molecular weight excluding hydrogens is 288 g/mol. The molecule has 6 nitrogen and oxygen atoms in total. The molecule has 0 bridgehead atoms. The fourth-order valence-electron chi connectivity index (χ4n) is 1.39. The summed E-state index contributed by atoms with van der Waals surface area (Å²) in [5.41, 5.74) is 0.317. The van der Waals surface area contributed by atoms with Crippen molar-refractivity contribution in [1.29, 1.82) is 0 Å². The number of aromatic nitrogens is 1. The van der Waals surface area contributed by atoms with Crippen LogP contribution in [0.25, 0.3) is 0 Å². The third-order valence-corrected chi connectivity index (χ3v) is 4.19. The van der Waals surface area contributed by atoms with E-state index in [1.165, 1.54) is 17.6 Å². The van der Waals surface area contributed by atoms with E-state index < -0.39 is 15.8 Å². The lowest BCUT2D eigenvalue weighted by molar-refractivity contribution is 0.0519.